The van der Waals surface area contributed by atoms with E-state index in [1.807, 2.05) is 0 Å². The van der Waals surface area contributed by atoms with Crippen molar-refractivity contribution in [2.45, 2.75) is 0 Å². The third-order valence-corrected chi connectivity index (χ3v) is 16.6. The maximum Gasteiger partial charge on any atom is 0.252 e. The molecule has 0 N–H and O–H groups in total. The first-order valence-corrected chi connectivity index (χ1v) is 27.1. The highest BCUT2D eigenvalue weighted by atomic mass is 16.3. The van der Waals surface area contributed by atoms with Gasteiger partial charge in [0, 0.05) is 66.7 Å². The molecule has 0 spiro atoms. The lowest BCUT2D eigenvalue weighted by Crippen LogP contribution is -2.61. The fourth-order valence-corrected chi connectivity index (χ4v) is 13.5. The highest BCUT2D eigenvalue weighted by molar-refractivity contribution is 7.01. The Morgan fingerprint density at radius 1 is 0.316 bits per heavy atom. The molecule has 12 aromatic carbocycles. The summed E-state index contributed by atoms with van der Waals surface area (Å²) < 4.78 is 11.7. The van der Waals surface area contributed by atoms with Gasteiger partial charge in [0.05, 0.1) is 50.2 Å². The number of benzene rings is 12. The molecule has 15 aromatic rings. The molecule has 79 heavy (non-hydrogen) atoms. The Balaban J connectivity index is 1.05. The first-order valence-electron chi connectivity index (χ1n) is 27.1. The van der Waals surface area contributed by atoms with Crippen molar-refractivity contribution in [2.75, 3.05) is 14.7 Å². The van der Waals surface area contributed by atoms with Gasteiger partial charge in [0.15, 0.2) is 0 Å². The maximum absolute atomic E-state index is 6.83. The van der Waals surface area contributed by atoms with Crippen molar-refractivity contribution >= 4 is 140 Å². The molecule has 0 amide bonds. The molecular formula is C72H46BN5O. The Labute approximate surface area is 456 Å². The molecule has 0 aliphatic carbocycles. The van der Waals surface area contributed by atoms with Crippen molar-refractivity contribution in [1.29, 1.82) is 0 Å². The van der Waals surface area contributed by atoms with Gasteiger partial charge < -0.3 is 28.3 Å². The normalized spacial score (nSPS) is 12.7. The van der Waals surface area contributed by atoms with Gasteiger partial charge in [0.1, 0.15) is 11.2 Å². The first-order chi connectivity index (χ1) is 39.3. The molecular weight excluding hydrogens is 962 g/mol. The molecule has 2 aliphatic rings. The summed E-state index contributed by atoms with van der Waals surface area (Å²) in [4.78, 5) is 7.63. The molecule has 0 fully saturated rings. The second-order valence-electron chi connectivity index (χ2n) is 20.8. The van der Waals surface area contributed by atoms with Crippen molar-refractivity contribution in [2.24, 2.45) is 0 Å². The molecule has 5 heterocycles. The smallest absolute Gasteiger partial charge is 0.252 e. The van der Waals surface area contributed by atoms with E-state index in [9.17, 15) is 0 Å². The summed E-state index contributed by atoms with van der Waals surface area (Å²) in [5.74, 6) is 0. The number of fused-ring (bicyclic) bond motifs is 15. The molecule has 0 bridgehead atoms. The van der Waals surface area contributed by atoms with E-state index >= 15 is 0 Å². The van der Waals surface area contributed by atoms with Crippen LogP contribution in [0, 0.1) is 0 Å². The van der Waals surface area contributed by atoms with Crippen LogP contribution >= 0.6 is 0 Å². The number of rotatable bonds is 7. The Morgan fingerprint density at radius 3 is 1.37 bits per heavy atom. The number of anilines is 9. The number of furan rings is 1. The summed E-state index contributed by atoms with van der Waals surface area (Å²) in [6.07, 6.45) is 0. The van der Waals surface area contributed by atoms with Gasteiger partial charge in [-0.2, -0.15) is 0 Å². The highest BCUT2D eigenvalue weighted by Gasteiger charge is 2.46. The summed E-state index contributed by atoms with van der Waals surface area (Å²) >= 11 is 0. The first kappa shape index (κ1) is 43.7. The lowest BCUT2D eigenvalue weighted by Gasteiger charge is -2.45. The van der Waals surface area contributed by atoms with E-state index in [0.29, 0.717) is 0 Å². The van der Waals surface area contributed by atoms with Crippen LogP contribution in [0.15, 0.2) is 283 Å². The summed E-state index contributed by atoms with van der Waals surface area (Å²) in [6, 6.07) is 102. The van der Waals surface area contributed by atoms with Crippen molar-refractivity contribution < 1.29 is 4.42 Å². The van der Waals surface area contributed by atoms with Gasteiger partial charge in [-0.25, -0.2) is 0 Å². The van der Waals surface area contributed by atoms with E-state index in [4.69, 9.17) is 4.42 Å². The molecule has 17 rings (SSSR count). The van der Waals surface area contributed by atoms with Crippen molar-refractivity contribution in [1.82, 2.24) is 9.13 Å². The fraction of sp³-hybridized carbons (Fsp3) is 0. The topological polar surface area (TPSA) is 32.7 Å². The van der Waals surface area contributed by atoms with Gasteiger partial charge >= 0.3 is 0 Å². The van der Waals surface area contributed by atoms with Crippen molar-refractivity contribution in [3.8, 4) is 11.4 Å². The van der Waals surface area contributed by atoms with Crippen LogP contribution < -0.4 is 31.1 Å². The van der Waals surface area contributed by atoms with Crippen LogP contribution in [0.3, 0.4) is 0 Å². The van der Waals surface area contributed by atoms with Crippen LogP contribution in [0.25, 0.3) is 76.9 Å². The SMILES string of the molecule is c1ccc(N2c3cc(N(c4ccccc4)c4cccc5c4c4ccccc4n5-c4ccccc4)cc4c3B(c3ccc5oc6ccccc6c5c32)c2ccc3c(c2N4c2ccccc2)c2ccccc2n3-c2ccccc2)cc1. The van der Waals surface area contributed by atoms with Crippen molar-refractivity contribution in [3.05, 3.63) is 279 Å². The minimum Gasteiger partial charge on any atom is -0.456 e. The van der Waals surface area contributed by atoms with E-state index in [0.717, 1.165) is 101 Å². The van der Waals surface area contributed by atoms with Crippen LogP contribution in [0.1, 0.15) is 0 Å². The zero-order chi connectivity index (χ0) is 51.7. The number of para-hydroxylation sites is 8. The van der Waals surface area contributed by atoms with Gasteiger partial charge in [-0.05, 0) is 132 Å². The van der Waals surface area contributed by atoms with E-state index in [-0.39, 0.29) is 6.71 Å². The third-order valence-electron chi connectivity index (χ3n) is 16.6. The highest BCUT2D eigenvalue weighted by Crippen LogP contribution is 2.53. The Kier molecular flexibility index (Phi) is 9.41. The molecule has 6 nitrogen and oxygen atoms in total. The standard InChI is InChI=1S/C72H46BN5O/c1-6-23-47(24-7-1)74(60-38-22-39-61-67(60)53-33-16-19-36-58(53)75(61)48-25-8-2-9-26-48)52-45-63-70-64(46-52)78(51-31-14-5-15-32-51)72-57(42-44-66-69(72)55-35-18-21-40-65(55)79-66)73(70)56-41-43-62-68(71(56)77(63)50-29-12-4-13-30-50)54-34-17-20-37-59(54)76(62)49-27-10-3-11-28-49/h1-46H. The largest absolute Gasteiger partial charge is 0.456 e. The fourth-order valence-electron chi connectivity index (χ4n) is 13.5. The van der Waals surface area contributed by atoms with Crippen LogP contribution in [0.5, 0.6) is 0 Å². The monoisotopic (exact) mass is 1010 g/mol. The molecule has 0 unspecified atom stereocenters. The minimum atomic E-state index is -0.178. The Morgan fingerprint density at radius 2 is 0.772 bits per heavy atom. The van der Waals surface area contributed by atoms with E-state index in [2.05, 4.69) is 303 Å². The van der Waals surface area contributed by atoms with Crippen LogP contribution in [-0.2, 0) is 0 Å². The summed E-state index contributed by atoms with van der Waals surface area (Å²) in [6.45, 7) is -0.178. The summed E-state index contributed by atoms with van der Waals surface area (Å²) in [5, 5.41) is 6.95. The Hall–Kier alpha value is -10.5. The average molecular weight is 1010 g/mol. The van der Waals surface area contributed by atoms with Gasteiger partial charge in [-0.1, -0.05) is 164 Å². The minimum absolute atomic E-state index is 0.178. The molecule has 0 saturated carbocycles. The molecule has 3 aromatic heterocycles. The quantitative estimate of drug-likeness (QED) is 0.149. The third kappa shape index (κ3) is 6.30. The van der Waals surface area contributed by atoms with Crippen molar-refractivity contribution in [3.63, 3.8) is 0 Å². The van der Waals surface area contributed by atoms with Crippen LogP contribution in [0.2, 0.25) is 0 Å². The summed E-state index contributed by atoms with van der Waals surface area (Å²) in [5.41, 5.74) is 22.1. The van der Waals surface area contributed by atoms with Gasteiger partial charge in [-0.15, -0.1) is 0 Å². The lowest BCUT2D eigenvalue weighted by atomic mass is 9.33. The number of hydrogen-bond acceptors (Lipinski definition) is 4. The molecule has 0 saturated heterocycles. The van der Waals surface area contributed by atoms with Gasteiger partial charge in [-0.3, -0.25) is 0 Å². The Bertz CT molecular complexity index is 4920. The number of hydrogen-bond donors (Lipinski definition) is 0. The van der Waals surface area contributed by atoms with E-state index < -0.39 is 0 Å². The zero-order valence-electron chi connectivity index (χ0n) is 42.8. The lowest BCUT2D eigenvalue weighted by molar-refractivity contribution is 0.669. The molecule has 0 atom stereocenters. The predicted molar refractivity (Wildman–Crippen MR) is 331 cm³/mol. The van der Waals surface area contributed by atoms with Gasteiger partial charge in [0.25, 0.3) is 6.71 Å². The predicted octanol–water partition coefficient (Wildman–Crippen LogP) is 17.3. The van der Waals surface area contributed by atoms with Gasteiger partial charge in [0.2, 0.25) is 0 Å². The average Bonchev–Trinajstić information content (AvgIpc) is 4.41. The molecule has 7 heteroatoms. The number of nitrogens with zero attached hydrogens (tertiary/aromatic N) is 5. The maximum atomic E-state index is 6.83. The van der Waals surface area contributed by atoms with E-state index in [1.165, 1.54) is 43.6 Å². The second-order valence-corrected chi connectivity index (χ2v) is 20.8. The van der Waals surface area contributed by atoms with Crippen LogP contribution in [0.4, 0.5) is 51.2 Å². The molecule has 0 radical (unpaired) electrons. The van der Waals surface area contributed by atoms with E-state index in [1.54, 1.807) is 0 Å². The van der Waals surface area contributed by atoms with Crippen LogP contribution in [-0.4, -0.2) is 15.8 Å². The zero-order valence-corrected chi connectivity index (χ0v) is 42.8. The second kappa shape index (κ2) is 17.0. The number of aromatic nitrogens is 2. The molecule has 2 aliphatic heterocycles. The summed E-state index contributed by atoms with van der Waals surface area (Å²) in [7, 11) is 0. The molecule has 368 valence electrons.